The van der Waals surface area contributed by atoms with Gasteiger partial charge in [-0.2, -0.15) is 0 Å². The van der Waals surface area contributed by atoms with Crippen LogP contribution < -0.4 is 14.8 Å². The first-order valence-electron chi connectivity index (χ1n) is 7.86. The Bertz CT molecular complexity index is 421. The minimum absolute atomic E-state index is 0.255. The largest absolute Gasteiger partial charge is 0.497 e. The van der Waals surface area contributed by atoms with Gasteiger partial charge >= 0.3 is 0 Å². The zero-order valence-corrected chi connectivity index (χ0v) is 14.6. The van der Waals surface area contributed by atoms with Crippen molar-refractivity contribution < 1.29 is 9.47 Å². The summed E-state index contributed by atoms with van der Waals surface area (Å²) < 4.78 is 10.7. The zero-order valence-electron chi connectivity index (χ0n) is 14.6. The molecule has 1 N–H and O–H groups in total. The van der Waals surface area contributed by atoms with Crippen LogP contribution in [0.2, 0.25) is 0 Å². The van der Waals surface area contributed by atoms with E-state index in [0.29, 0.717) is 17.8 Å². The summed E-state index contributed by atoms with van der Waals surface area (Å²) in [5.41, 5.74) is 1.17. The molecule has 0 fully saturated rings. The molecule has 0 spiro atoms. The number of benzene rings is 1. The van der Waals surface area contributed by atoms with Crippen molar-refractivity contribution in [2.24, 2.45) is 17.8 Å². The van der Waals surface area contributed by atoms with E-state index in [9.17, 15) is 0 Å². The first kappa shape index (κ1) is 17.8. The normalized spacial score (nSPS) is 13.0. The predicted molar refractivity (Wildman–Crippen MR) is 89.1 cm³/mol. The van der Waals surface area contributed by atoms with Crippen LogP contribution in [0.4, 0.5) is 0 Å². The number of hydrogen-bond acceptors (Lipinski definition) is 3. The Morgan fingerprint density at radius 1 is 0.952 bits per heavy atom. The Morgan fingerprint density at radius 2 is 1.57 bits per heavy atom. The van der Waals surface area contributed by atoms with Gasteiger partial charge in [-0.05, 0) is 37.3 Å². The molecule has 1 aromatic carbocycles. The second-order valence-corrected chi connectivity index (χ2v) is 6.39. The van der Waals surface area contributed by atoms with E-state index in [1.165, 1.54) is 5.56 Å². The number of ether oxygens (including phenoxy) is 2. The lowest BCUT2D eigenvalue weighted by atomic mass is 9.85. The van der Waals surface area contributed by atoms with Gasteiger partial charge in [0.25, 0.3) is 0 Å². The fourth-order valence-electron chi connectivity index (χ4n) is 2.84. The summed E-state index contributed by atoms with van der Waals surface area (Å²) in [6, 6.07) is 6.26. The molecule has 0 aromatic heterocycles. The number of methoxy groups -OCH3 is 2. The van der Waals surface area contributed by atoms with Crippen LogP contribution in [0.3, 0.4) is 0 Å². The van der Waals surface area contributed by atoms with E-state index in [4.69, 9.17) is 9.47 Å². The Hall–Kier alpha value is -1.22. The van der Waals surface area contributed by atoms with E-state index >= 15 is 0 Å². The Labute approximate surface area is 130 Å². The highest BCUT2D eigenvalue weighted by molar-refractivity contribution is 5.42. The smallest absolute Gasteiger partial charge is 0.127 e. The summed E-state index contributed by atoms with van der Waals surface area (Å²) in [6.07, 6.45) is 0. The van der Waals surface area contributed by atoms with Crippen LogP contribution in [0.25, 0.3) is 0 Å². The fraction of sp³-hybridized carbons (Fsp3) is 0.667. The molecule has 3 nitrogen and oxygen atoms in total. The lowest BCUT2D eigenvalue weighted by molar-refractivity contribution is 0.267. The van der Waals surface area contributed by atoms with Crippen LogP contribution in [0, 0.1) is 17.8 Å². The molecule has 0 aliphatic carbocycles. The topological polar surface area (TPSA) is 30.5 Å². The Morgan fingerprint density at radius 3 is 2.05 bits per heavy atom. The van der Waals surface area contributed by atoms with Gasteiger partial charge in [-0.25, -0.2) is 0 Å². The summed E-state index contributed by atoms with van der Waals surface area (Å²) >= 11 is 0. The molecule has 1 unspecified atom stereocenters. The second-order valence-electron chi connectivity index (χ2n) is 6.39. The van der Waals surface area contributed by atoms with E-state index in [2.05, 4.69) is 46.0 Å². The van der Waals surface area contributed by atoms with Crippen LogP contribution in [-0.4, -0.2) is 20.8 Å². The molecule has 1 rings (SSSR count). The van der Waals surface area contributed by atoms with Gasteiger partial charge in [-0.15, -0.1) is 0 Å². The van der Waals surface area contributed by atoms with E-state index in [0.717, 1.165) is 18.0 Å². The van der Waals surface area contributed by atoms with Crippen molar-refractivity contribution in [2.45, 2.75) is 40.7 Å². The van der Waals surface area contributed by atoms with Crippen molar-refractivity contribution in [1.82, 2.24) is 5.32 Å². The summed E-state index contributed by atoms with van der Waals surface area (Å²) in [5.74, 6) is 3.74. The Balaban J connectivity index is 2.77. The summed E-state index contributed by atoms with van der Waals surface area (Å²) in [7, 11) is 3.38. The Kier molecular flexibility index (Phi) is 7.03. The molecule has 120 valence electrons. The second kappa shape index (κ2) is 8.28. The third-order valence-corrected chi connectivity index (χ3v) is 4.28. The third-order valence-electron chi connectivity index (χ3n) is 4.28. The fourth-order valence-corrected chi connectivity index (χ4v) is 2.84. The van der Waals surface area contributed by atoms with Gasteiger partial charge in [-0.1, -0.05) is 33.8 Å². The molecule has 0 saturated heterocycles. The summed E-state index contributed by atoms with van der Waals surface area (Å²) in [4.78, 5) is 0. The van der Waals surface area contributed by atoms with Crippen molar-refractivity contribution in [2.75, 3.05) is 20.8 Å². The summed E-state index contributed by atoms with van der Waals surface area (Å²) in [6.45, 7) is 12.4. The van der Waals surface area contributed by atoms with Crippen molar-refractivity contribution in [3.8, 4) is 11.5 Å². The van der Waals surface area contributed by atoms with Gasteiger partial charge in [0.05, 0.1) is 14.2 Å². The maximum absolute atomic E-state index is 5.49. The third kappa shape index (κ3) is 4.92. The molecule has 0 aliphatic rings. The van der Waals surface area contributed by atoms with E-state index < -0.39 is 0 Å². The maximum Gasteiger partial charge on any atom is 0.127 e. The van der Waals surface area contributed by atoms with Crippen LogP contribution in [0.5, 0.6) is 11.5 Å². The zero-order chi connectivity index (χ0) is 16.0. The van der Waals surface area contributed by atoms with Gasteiger partial charge in [0.1, 0.15) is 11.5 Å². The van der Waals surface area contributed by atoms with Crippen LogP contribution in [0.1, 0.15) is 46.2 Å². The lowest BCUT2D eigenvalue weighted by Crippen LogP contribution is -2.31. The molecular weight excluding hydrogens is 262 g/mol. The monoisotopic (exact) mass is 293 g/mol. The van der Waals surface area contributed by atoms with Gasteiger partial charge in [0.15, 0.2) is 0 Å². The van der Waals surface area contributed by atoms with Crippen LogP contribution in [-0.2, 0) is 0 Å². The van der Waals surface area contributed by atoms with E-state index in [1.54, 1.807) is 14.2 Å². The lowest BCUT2D eigenvalue weighted by Gasteiger charge is -2.27. The van der Waals surface area contributed by atoms with Crippen molar-refractivity contribution in [3.05, 3.63) is 23.8 Å². The maximum atomic E-state index is 5.49. The molecule has 0 saturated carbocycles. The van der Waals surface area contributed by atoms with Gasteiger partial charge in [0, 0.05) is 17.7 Å². The van der Waals surface area contributed by atoms with E-state index in [1.807, 2.05) is 12.1 Å². The number of nitrogens with one attached hydrogen (secondary N) is 1. The molecule has 0 bridgehead atoms. The minimum Gasteiger partial charge on any atom is -0.497 e. The summed E-state index contributed by atoms with van der Waals surface area (Å²) in [5, 5.41) is 3.65. The van der Waals surface area contributed by atoms with Gasteiger partial charge < -0.3 is 14.8 Å². The van der Waals surface area contributed by atoms with Crippen molar-refractivity contribution >= 4 is 0 Å². The predicted octanol–water partition coefficient (Wildman–Crippen LogP) is 4.28. The molecule has 0 radical (unpaired) electrons. The first-order valence-corrected chi connectivity index (χ1v) is 7.86. The van der Waals surface area contributed by atoms with Gasteiger partial charge in [-0.3, -0.25) is 0 Å². The molecule has 0 heterocycles. The molecular formula is C18H31NO2. The van der Waals surface area contributed by atoms with Crippen LogP contribution >= 0.6 is 0 Å². The van der Waals surface area contributed by atoms with Crippen LogP contribution in [0.15, 0.2) is 18.2 Å². The molecule has 3 heteroatoms. The minimum atomic E-state index is 0.255. The van der Waals surface area contributed by atoms with E-state index in [-0.39, 0.29) is 6.04 Å². The molecule has 1 aromatic rings. The average Bonchev–Trinajstić information content (AvgIpc) is 2.45. The highest BCUT2D eigenvalue weighted by Crippen LogP contribution is 2.30. The molecule has 0 aliphatic heterocycles. The first-order chi connectivity index (χ1) is 9.90. The quantitative estimate of drug-likeness (QED) is 0.776. The molecule has 21 heavy (non-hydrogen) atoms. The molecule has 0 amide bonds. The highest BCUT2D eigenvalue weighted by atomic mass is 16.5. The van der Waals surface area contributed by atoms with Gasteiger partial charge in [0.2, 0.25) is 0 Å². The van der Waals surface area contributed by atoms with Crippen molar-refractivity contribution in [1.29, 1.82) is 0 Å². The number of rotatable bonds is 8. The SMILES string of the molecule is COc1ccc(C(C)NCC(C(C)C)C(C)C)c(OC)c1. The molecule has 1 atom stereocenters. The average molecular weight is 293 g/mol. The highest BCUT2D eigenvalue weighted by Gasteiger charge is 2.19. The standard InChI is InChI=1S/C18H31NO2/c1-12(2)17(13(3)4)11-19-14(5)16-9-8-15(20-6)10-18(16)21-7/h8-10,12-14,17,19H,11H2,1-7H3. The number of hydrogen-bond donors (Lipinski definition) is 1. The van der Waals surface area contributed by atoms with Crippen molar-refractivity contribution in [3.63, 3.8) is 0 Å².